The summed E-state index contributed by atoms with van der Waals surface area (Å²) in [5.41, 5.74) is -0.558. The second-order valence-corrected chi connectivity index (χ2v) is 6.11. The molecule has 2 atom stereocenters. The molecule has 0 aliphatic carbocycles. The molecule has 3 rings (SSSR count). The highest BCUT2D eigenvalue weighted by Gasteiger charge is 2.39. The summed E-state index contributed by atoms with van der Waals surface area (Å²) in [4.78, 5) is 11.6. The lowest BCUT2D eigenvalue weighted by Gasteiger charge is -2.36. The standard InChI is InChI=1S/C17H16F3N5/c1-11(16-15(20)6-21-8-23-16)17(2,7-25-10-22-9-24-25)13-4-3-12(18)5-14(13)19/h3-6,8-11H,7H2,1-2H3. The minimum atomic E-state index is -0.958. The molecule has 2 aromatic heterocycles. The maximum Gasteiger partial charge on any atom is 0.163 e. The van der Waals surface area contributed by atoms with Gasteiger partial charge in [0.15, 0.2) is 5.82 Å². The predicted molar refractivity (Wildman–Crippen MR) is 84.1 cm³/mol. The van der Waals surface area contributed by atoms with Crippen LogP contribution in [0.4, 0.5) is 13.2 Å². The van der Waals surface area contributed by atoms with Gasteiger partial charge in [-0.3, -0.25) is 4.68 Å². The minimum Gasteiger partial charge on any atom is -0.252 e. The Balaban J connectivity index is 2.13. The van der Waals surface area contributed by atoms with Gasteiger partial charge in [0.05, 0.1) is 18.4 Å². The van der Waals surface area contributed by atoms with E-state index in [1.54, 1.807) is 13.8 Å². The van der Waals surface area contributed by atoms with Crippen molar-refractivity contribution in [2.75, 3.05) is 0 Å². The van der Waals surface area contributed by atoms with Crippen molar-refractivity contribution in [1.29, 1.82) is 0 Å². The molecule has 2 unspecified atom stereocenters. The van der Waals surface area contributed by atoms with Crippen LogP contribution in [0.5, 0.6) is 0 Å². The first kappa shape index (κ1) is 17.1. The smallest absolute Gasteiger partial charge is 0.163 e. The Bertz CT molecular complexity index is 868. The van der Waals surface area contributed by atoms with Crippen LogP contribution in [-0.4, -0.2) is 24.7 Å². The summed E-state index contributed by atoms with van der Waals surface area (Å²) in [5.74, 6) is -2.50. The van der Waals surface area contributed by atoms with Crippen LogP contribution in [0.1, 0.15) is 31.0 Å². The molecule has 0 aliphatic rings. The van der Waals surface area contributed by atoms with E-state index in [0.717, 1.165) is 12.3 Å². The number of hydrogen-bond donors (Lipinski definition) is 0. The molecule has 5 nitrogen and oxygen atoms in total. The molecule has 0 amide bonds. The van der Waals surface area contributed by atoms with E-state index in [4.69, 9.17) is 0 Å². The first-order chi connectivity index (χ1) is 11.9. The lowest BCUT2D eigenvalue weighted by molar-refractivity contribution is 0.300. The van der Waals surface area contributed by atoms with Crippen molar-refractivity contribution in [2.24, 2.45) is 0 Å². The molecular formula is C17H16F3N5. The summed E-state index contributed by atoms with van der Waals surface area (Å²) in [6.45, 7) is 3.71. The largest absolute Gasteiger partial charge is 0.252 e. The van der Waals surface area contributed by atoms with Crippen LogP contribution in [0.2, 0.25) is 0 Å². The molecule has 0 spiro atoms. The van der Waals surface area contributed by atoms with Crippen molar-refractivity contribution < 1.29 is 13.2 Å². The fraction of sp³-hybridized carbons (Fsp3) is 0.294. The van der Waals surface area contributed by atoms with E-state index in [0.29, 0.717) is 0 Å². The molecule has 0 fully saturated rings. The van der Waals surface area contributed by atoms with Crippen molar-refractivity contribution in [1.82, 2.24) is 24.7 Å². The zero-order valence-electron chi connectivity index (χ0n) is 13.7. The normalized spacial score (nSPS) is 14.9. The van der Waals surface area contributed by atoms with Crippen molar-refractivity contribution in [3.63, 3.8) is 0 Å². The monoisotopic (exact) mass is 347 g/mol. The molecule has 25 heavy (non-hydrogen) atoms. The fourth-order valence-electron chi connectivity index (χ4n) is 3.00. The van der Waals surface area contributed by atoms with Gasteiger partial charge in [0.25, 0.3) is 0 Å². The average molecular weight is 347 g/mol. The molecule has 0 aliphatic heterocycles. The van der Waals surface area contributed by atoms with Gasteiger partial charge in [-0.2, -0.15) is 5.10 Å². The lowest BCUT2D eigenvalue weighted by atomic mass is 9.70. The second kappa shape index (κ2) is 6.62. The molecule has 0 saturated carbocycles. The van der Waals surface area contributed by atoms with Gasteiger partial charge in [-0.1, -0.05) is 19.9 Å². The van der Waals surface area contributed by atoms with E-state index >= 15 is 0 Å². The third-order valence-electron chi connectivity index (χ3n) is 4.57. The van der Waals surface area contributed by atoms with Crippen molar-refractivity contribution >= 4 is 0 Å². The maximum atomic E-state index is 14.5. The van der Waals surface area contributed by atoms with E-state index in [1.165, 1.54) is 35.8 Å². The molecule has 2 heterocycles. The molecule has 0 radical (unpaired) electrons. The van der Waals surface area contributed by atoms with Gasteiger partial charge in [-0.15, -0.1) is 0 Å². The Hall–Kier alpha value is -2.77. The number of nitrogens with zero attached hydrogens (tertiary/aromatic N) is 5. The van der Waals surface area contributed by atoms with Gasteiger partial charge >= 0.3 is 0 Å². The average Bonchev–Trinajstić information content (AvgIpc) is 3.07. The third-order valence-corrected chi connectivity index (χ3v) is 4.57. The number of benzene rings is 1. The van der Waals surface area contributed by atoms with Gasteiger partial charge in [0.1, 0.15) is 30.6 Å². The molecule has 8 heteroatoms. The quantitative estimate of drug-likeness (QED) is 0.711. The van der Waals surface area contributed by atoms with Crippen LogP contribution >= 0.6 is 0 Å². The van der Waals surface area contributed by atoms with Crippen molar-refractivity contribution in [3.8, 4) is 0 Å². The third kappa shape index (κ3) is 3.24. The van der Waals surface area contributed by atoms with E-state index in [1.807, 2.05) is 0 Å². The summed E-state index contributed by atoms with van der Waals surface area (Å²) < 4.78 is 43.6. The van der Waals surface area contributed by atoms with Crippen LogP contribution in [0, 0.1) is 17.5 Å². The number of aromatic nitrogens is 5. The minimum absolute atomic E-state index is 0.154. The van der Waals surface area contributed by atoms with E-state index in [2.05, 4.69) is 20.1 Å². The molecule has 0 bridgehead atoms. The van der Waals surface area contributed by atoms with Crippen molar-refractivity contribution in [3.05, 3.63) is 72.1 Å². The van der Waals surface area contributed by atoms with Gasteiger partial charge in [-0.25, -0.2) is 28.1 Å². The molecule has 130 valence electrons. The summed E-state index contributed by atoms with van der Waals surface area (Å²) in [6, 6.07) is 3.37. The molecule has 0 N–H and O–H groups in total. The Morgan fingerprint density at radius 3 is 2.56 bits per heavy atom. The van der Waals surface area contributed by atoms with Gasteiger partial charge in [-0.05, 0) is 11.6 Å². The van der Waals surface area contributed by atoms with Gasteiger partial charge in [0.2, 0.25) is 0 Å². The van der Waals surface area contributed by atoms with Crippen molar-refractivity contribution in [2.45, 2.75) is 31.7 Å². The Kier molecular flexibility index (Phi) is 4.52. The maximum absolute atomic E-state index is 14.5. The first-order valence-corrected chi connectivity index (χ1v) is 7.65. The Morgan fingerprint density at radius 2 is 1.92 bits per heavy atom. The van der Waals surface area contributed by atoms with Crippen LogP contribution in [0.3, 0.4) is 0 Å². The zero-order valence-corrected chi connectivity index (χ0v) is 13.7. The molecular weight excluding hydrogens is 331 g/mol. The highest BCUT2D eigenvalue weighted by molar-refractivity contribution is 5.32. The Morgan fingerprint density at radius 1 is 1.12 bits per heavy atom. The highest BCUT2D eigenvalue weighted by Crippen LogP contribution is 2.41. The van der Waals surface area contributed by atoms with Crippen LogP contribution in [-0.2, 0) is 12.0 Å². The van der Waals surface area contributed by atoms with Crippen LogP contribution < -0.4 is 0 Å². The van der Waals surface area contributed by atoms with Gasteiger partial charge in [0, 0.05) is 17.4 Å². The van der Waals surface area contributed by atoms with E-state index in [-0.39, 0.29) is 17.8 Å². The summed E-state index contributed by atoms with van der Waals surface area (Å²) in [6.07, 6.45) is 5.15. The zero-order chi connectivity index (χ0) is 18.0. The fourth-order valence-corrected chi connectivity index (χ4v) is 3.00. The second-order valence-electron chi connectivity index (χ2n) is 6.11. The topological polar surface area (TPSA) is 56.5 Å². The number of rotatable bonds is 5. The summed E-state index contributed by atoms with van der Waals surface area (Å²) in [5, 5.41) is 4.05. The molecule has 0 saturated heterocycles. The lowest BCUT2D eigenvalue weighted by Crippen LogP contribution is -2.36. The van der Waals surface area contributed by atoms with Gasteiger partial charge < -0.3 is 0 Å². The van der Waals surface area contributed by atoms with Crippen LogP contribution in [0.15, 0.2) is 43.4 Å². The summed E-state index contributed by atoms with van der Waals surface area (Å²) >= 11 is 0. The SMILES string of the molecule is CC(c1ncncc1F)C(C)(Cn1cncn1)c1ccc(F)cc1F. The Labute approximate surface area is 142 Å². The molecule has 1 aromatic carbocycles. The number of halogens is 3. The first-order valence-electron chi connectivity index (χ1n) is 7.65. The molecule has 3 aromatic rings. The summed E-state index contributed by atoms with van der Waals surface area (Å²) in [7, 11) is 0. The predicted octanol–water partition coefficient (Wildman–Crippen LogP) is 3.25. The number of hydrogen-bond acceptors (Lipinski definition) is 4. The van der Waals surface area contributed by atoms with E-state index in [9.17, 15) is 13.2 Å². The van der Waals surface area contributed by atoms with Crippen LogP contribution in [0.25, 0.3) is 0 Å². The highest BCUT2D eigenvalue weighted by atomic mass is 19.1. The van der Waals surface area contributed by atoms with E-state index < -0.39 is 28.8 Å².